The summed E-state index contributed by atoms with van der Waals surface area (Å²) in [6, 6.07) is 4.73. The molecular formula is C13H11ClFNO. The third-order valence-electron chi connectivity index (χ3n) is 2.57. The first-order valence-electron chi connectivity index (χ1n) is 5.18. The van der Waals surface area contributed by atoms with Crippen LogP contribution in [0, 0.1) is 22.6 Å². The van der Waals surface area contributed by atoms with E-state index in [1.54, 1.807) is 6.08 Å². The molecule has 0 spiro atoms. The SMILES string of the molecule is CC1(C)C=C(C#N)c2cc(F)c(Cl)cc2OC1. The number of rotatable bonds is 0. The maximum absolute atomic E-state index is 13.4. The summed E-state index contributed by atoms with van der Waals surface area (Å²) < 4.78 is 19.0. The van der Waals surface area contributed by atoms with E-state index >= 15 is 0 Å². The Kier molecular flexibility index (Phi) is 2.84. The van der Waals surface area contributed by atoms with Crippen LogP contribution in [0.1, 0.15) is 19.4 Å². The van der Waals surface area contributed by atoms with Gasteiger partial charge in [-0.15, -0.1) is 0 Å². The topological polar surface area (TPSA) is 33.0 Å². The van der Waals surface area contributed by atoms with Crippen LogP contribution in [0.4, 0.5) is 4.39 Å². The summed E-state index contributed by atoms with van der Waals surface area (Å²) in [4.78, 5) is 0. The Bertz CT molecular complexity index is 543. The van der Waals surface area contributed by atoms with Crippen molar-refractivity contribution in [2.45, 2.75) is 13.8 Å². The lowest BCUT2D eigenvalue weighted by molar-refractivity contribution is 0.224. The van der Waals surface area contributed by atoms with Crippen LogP contribution < -0.4 is 4.74 Å². The van der Waals surface area contributed by atoms with Gasteiger partial charge in [-0.05, 0) is 6.07 Å². The van der Waals surface area contributed by atoms with Gasteiger partial charge in [0.1, 0.15) is 11.6 Å². The summed E-state index contributed by atoms with van der Waals surface area (Å²) in [5.74, 6) is -0.0929. The van der Waals surface area contributed by atoms with Gasteiger partial charge in [0.15, 0.2) is 0 Å². The number of hydrogen-bond acceptors (Lipinski definition) is 2. The minimum atomic E-state index is -0.546. The van der Waals surface area contributed by atoms with Crippen molar-refractivity contribution in [2.75, 3.05) is 6.61 Å². The van der Waals surface area contributed by atoms with Crippen LogP contribution in [0.15, 0.2) is 18.2 Å². The number of nitriles is 1. The second-order valence-electron chi connectivity index (χ2n) is 4.71. The summed E-state index contributed by atoms with van der Waals surface area (Å²) in [7, 11) is 0. The van der Waals surface area contributed by atoms with Crippen molar-refractivity contribution in [1.29, 1.82) is 5.26 Å². The Morgan fingerprint density at radius 2 is 2.18 bits per heavy atom. The lowest BCUT2D eigenvalue weighted by Crippen LogP contribution is -2.17. The molecule has 2 nitrogen and oxygen atoms in total. The van der Waals surface area contributed by atoms with Crippen molar-refractivity contribution in [3.63, 3.8) is 0 Å². The predicted molar refractivity (Wildman–Crippen MR) is 64.3 cm³/mol. The first-order chi connectivity index (χ1) is 7.93. The van der Waals surface area contributed by atoms with Gasteiger partial charge in [-0.3, -0.25) is 0 Å². The van der Waals surface area contributed by atoms with Gasteiger partial charge in [0, 0.05) is 17.0 Å². The van der Waals surface area contributed by atoms with E-state index in [2.05, 4.69) is 6.07 Å². The van der Waals surface area contributed by atoms with Crippen molar-refractivity contribution in [1.82, 2.24) is 0 Å². The van der Waals surface area contributed by atoms with Crippen LogP contribution in [0.5, 0.6) is 5.75 Å². The Morgan fingerprint density at radius 3 is 2.82 bits per heavy atom. The summed E-state index contributed by atoms with van der Waals surface area (Å²) in [6.45, 7) is 4.33. The van der Waals surface area contributed by atoms with E-state index in [0.29, 0.717) is 23.5 Å². The minimum Gasteiger partial charge on any atom is -0.492 e. The Balaban J connectivity index is 2.64. The zero-order valence-electron chi connectivity index (χ0n) is 9.55. The van der Waals surface area contributed by atoms with E-state index in [0.717, 1.165) is 0 Å². The molecule has 0 aromatic heterocycles. The average molecular weight is 252 g/mol. The molecule has 1 aromatic carbocycles. The quantitative estimate of drug-likeness (QED) is 0.703. The molecule has 0 fully saturated rings. The van der Waals surface area contributed by atoms with Gasteiger partial charge in [0.05, 0.1) is 23.3 Å². The van der Waals surface area contributed by atoms with E-state index in [9.17, 15) is 4.39 Å². The van der Waals surface area contributed by atoms with Gasteiger partial charge in [0.25, 0.3) is 0 Å². The molecule has 2 rings (SSSR count). The summed E-state index contributed by atoms with van der Waals surface area (Å²) in [6.07, 6.45) is 1.80. The van der Waals surface area contributed by atoms with E-state index in [1.807, 2.05) is 13.8 Å². The summed E-state index contributed by atoms with van der Waals surface area (Å²) >= 11 is 5.70. The maximum Gasteiger partial charge on any atom is 0.142 e. The lowest BCUT2D eigenvalue weighted by Gasteiger charge is -2.18. The van der Waals surface area contributed by atoms with Crippen LogP contribution in [0.25, 0.3) is 5.57 Å². The van der Waals surface area contributed by atoms with Crippen molar-refractivity contribution >= 4 is 17.2 Å². The highest BCUT2D eigenvalue weighted by Crippen LogP contribution is 2.37. The van der Waals surface area contributed by atoms with Crippen LogP contribution in [0.3, 0.4) is 0 Å². The molecule has 17 heavy (non-hydrogen) atoms. The number of hydrogen-bond donors (Lipinski definition) is 0. The zero-order chi connectivity index (χ0) is 12.6. The van der Waals surface area contributed by atoms with Gasteiger partial charge in [-0.25, -0.2) is 4.39 Å². The molecule has 0 N–H and O–H groups in total. The van der Waals surface area contributed by atoms with Gasteiger partial charge < -0.3 is 4.74 Å². The largest absolute Gasteiger partial charge is 0.492 e. The molecule has 88 valence electrons. The normalized spacial score (nSPS) is 17.2. The van der Waals surface area contributed by atoms with Gasteiger partial charge in [0.2, 0.25) is 0 Å². The number of halogens is 2. The fraction of sp³-hybridized carbons (Fsp3) is 0.308. The highest BCUT2D eigenvalue weighted by Gasteiger charge is 2.24. The smallest absolute Gasteiger partial charge is 0.142 e. The summed E-state index contributed by atoms with van der Waals surface area (Å²) in [5.41, 5.74) is 0.602. The van der Waals surface area contributed by atoms with E-state index < -0.39 is 5.82 Å². The third kappa shape index (κ3) is 2.27. The van der Waals surface area contributed by atoms with E-state index in [-0.39, 0.29) is 10.4 Å². The monoisotopic (exact) mass is 251 g/mol. The Hall–Kier alpha value is -1.53. The molecule has 0 saturated carbocycles. The molecular weight excluding hydrogens is 241 g/mol. The molecule has 0 saturated heterocycles. The molecule has 1 aliphatic heterocycles. The number of benzene rings is 1. The predicted octanol–water partition coefficient (Wildman–Crippen LogP) is 3.80. The third-order valence-corrected chi connectivity index (χ3v) is 2.86. The van der Waals surface area contributed by atoms with Gasteiger partial charge >= 0.3 is 0 Å². The van der Waals surface area contributed by atoms with Crippen molar-refractivity contribution in [3.8, 4) is 11.8 Å². The molecule has 0 atom stereocenters. The molecule has 0 bridgehead atoms. The molecule has 1 aromatic rings. The van der Waals surface area contributed by atoms with Crippen LogP contribution >= 0.6 is 11.6 Å². The molecule has 0 unspecified atom stereocenters. The second-order valence-corrected chi connectivity index (χ2v) is 5.12. The van der Waals surface area contributed by atoms with Crippen LogP contribution in [-0.4, -0.2) is 6.61 Å². The van der Waals surface area contributed by atoms with Crippen LogP contribution in [0.2, 0.25) is 5.02 Å². The molecule has 0 amide bonds. The number of fused-ring (bicyclic) bond motifs is 1. The van der Waals surface area contributed by atoms with Gasteiger partial charge in [-0.2, -0.15) is 5.26 Å². The Morgan fingerprint density at radius 1 is 1.47 bits per heavy atom. The Labute approximate surface area is 104 Å². The molecule has 0 aliphatic carbocycles. The molecule has 0 radical (unpaired) electrons. The number of allylic oxidation sites excluding steroid dienone is 1. The minimum absolute atomic E-state index is 0.000691. The highest BCUT2D eigenvalue weighted by molar-refractivity contribution is 6.31. The fourth-order valence-corrected chi connectivity index (χ4v) is 1.88. The first-order valence-corrected chi connectivity index (χ1v) is 5.56. The second kappa shape index (κ2) is 4.05. The van der Waals surface area contributed by atoms with Gasteiger partial charge in [-0.1, -0.05) is 31.5 Å². The van der Waals surface area contributed by atoms with E-state index in [4.69, 9.17) is 21.6 Å². The lowest BCUT2D eigenvalue weighted by atomic mass is 9.91. The summed E-state index contributed by atoms with van der Waals surface area (Å²) in [5, 5.41) is 9.13. The molecule has 1 heterocycles. The van der Waals surface area contributed by atoms with E-state index in [1.165, 1.54) is 12.1 Å². The first kappa shape index (κ1) is 11.9. The average Bonchev–Trinajstić information content (AvgIpc) is 2.38. The maximum atomic E-state index is 13.4. The fourth-order valence-electron chi connectivity index (χ4n) is 1.72. The molecule has 4 heteroatoms. The van der Waals surface area contributed by atoms with Crippen LogP contribution in [-0.2, 0) is 0 Å². The van der Waals surface area contributed by atoms with Crippen molar-refractivity contribution in [2.24, 2.45) is 5.41 Å². The van der Waals surface area contributed by atoms with Crippen molar-refractivity contribution in [3.05, 3.63) is 34.6 Å². The standard InChI is InChI=1S/C13H11ClFNO/c1-13(2)5-8(6-16)9-3-11(15)10(14)4-12(9)17-7-13/h3-5H,7H2,1-2H3. The van der Waals surface area contributed by atoms with Crippen molar-refractivity contribution < 1.29 is 9.13 Å². The zero-order valence-corrected chi connectivity index (χ0v) is 10.3. The molecule has 1 aliphatic rings. The highest BCUT2D eigenvalue weighted by atomic mass is 35.5. The number of ether oxygens (including phenoxy) is 1. The number of nitrogens with zero attached hydrogens (tertiary/aromatic N) is 1.